The molecule has 0 bridgehead atoms. The molecule has 0 saturated heterocycles. The number of benzene rings is 1. The molecule has 102 valence electrons. The molecule has 0 fully saturated rings. The van der Waals surface area contributed by atoms with Crippen molar-refractivity contribution < 1.29 is 24.2 Å². The monoisotopic (exact) mass is 265 g/mol. The van der Waals surface area contributed by atoms with Gasteiger partial charge in [-0.1, -0.05) is 0 Å². The number of aromatic hydroxyl groups is 1. The molecule has 0 atom stereocenters. The molecule has 0 aliphatic heterocycles. The Bertz CT molecular complexity index is 522. The van der Waals surface area contributed by atoms with Crippen LogP contribution in [0.1, 0.15) is 5.56 Å². The van der Waals surface area contributed by atoms with Gasteiger partial charge in [0.05, 0.1) is 20.3 Å². The van der Waals surface area contributed by atoms with Crippen molar-refractivity contribution >= 4 is 17.6 Å². The molecule has 0 saturated carbocycles. The van der Waals surface area contributed by atoms with E-state index in [2.05, 4.69) is 14.8 Å². The summed E-state index contributed by atoms with van der Waals surface area (Å²) in [6.07, 6.45) is 0.998. The molecule has 6 heteroatoms. The number of anilines is 1. The van der Waals surface area contributed by atoms with Crippen molar-refractivity contribution in [1.29, 1.82) is 0 Å². The highest BCUT2D eigenvalue weighted by Gasteiger charge is 2.13. The van der Waals surface area contributed by atoms with Crippen LogP contribution in [0.15, 0.2) is 30.0 Å². The highest BCUT2D eigenvalue weighted by molar-refractivity contribution is 5.98. The van der Waals surface area contributed by atoms with Gasteiger partial charge in [-0.25, -0.2) is 9.59 Å². The quantitative estimate of drug-likeness (QED) is 0.485. The fourth-order valence-corrected chi connectivity index (χ4v) is 1.37. The molecule has 0 amide bonds. The smallest absolute Gasteiger partial charge is 0.354 e. The van der Waals surface area contributed by atoms with Gasteiger partial charge in [-0.05, 0) is 30.7 Å². The number of aryl methyl sites for hydroxylation is 1. The van der Waals surface area contributed by atoms with Gasteiger partial charge in [0.2, 0.25) is 0 Å². The van der Waals surface area contributed by atoms with E-state index in [1.807, 2.05) is 0 Å². The molecule has 0 aliphatic carbocycles. The van der Waals surface area contributed by atoms with Crippen LogP contribution in [0.3, 0.4) is 0 Å². The maximum atomic E-state index is 11.5. The van der Waals surface area contributed by atoms with Gasteiger partial charge < -0.3 is 19.9 Å². The first-order valence-corrected chi connectivity index (χ1v) is 5.42. The zero-order valence-electron chi connectivity index (χ0n) is 10.9. The summed E-state index contributed by atoms with van der Waals surface area (Å²) in [5, 5.41) is 12.1. The fourth-order valence-electron chi connectivity index (χ4n) is 1.37. The Kier molecular flexibility index (Phi) is 4.93. The number of hydrogen-bond acceptors (Lipinski definition) is 6. The van der Waals surface area contributed by atoms with E-state index < -0.39 is 11.9 Å². The molecule has 2 N–H and O–H groups in total. The van der Waals surface area contributed by atoms with Gasteiger partial charge in [0.25, 0.3) is 0 Å². The van der Waals surface area contributed by atoms with E-state index in [0.29, 0.717) is 11.3 Å². The first-order valence-electron chi connectivity index (χ1n) is 5.42. The minimum atomic E-state index is -0.696. The Morgan fingerprint density at radius 2 is 1.95 bits per heavy atom. The van der Waals surface area contributed by atoms with E-state index in [0.717, 1.165) is 6.08 Å². The van der Waals surface area contributed by atoms with Gasteiger partial charge in [0.1, 0.15) is 11.4 Å². The third-order valence-corrected chi connectivity index (χ3v) is 2.35. The predicted octanol–water partition coefficient (Wildman–Crippen LogP) is 1.34. The first-order chi connectivity index (χ1) is 8.97. The predicted molar refractivity (Wildman–Crippen MR) is 68.6 cm³/mol. The van der Waals surface area contributed by atoms with Gasteiger partial charge in [-0.2, -0.15) is 0 Å². The lowest BCUT2D eigenvalue weighted by molar-refractivity contribution is -0.138. The van der Waals surface area contributed by atoms with Gasteiger partial charge in [0.15, 0.2) is 0 Å². The summed E-state index contributed by atoms with van der Waals surface area (Å²) < 4.78 is 9.03. The molecule has 0 aromatic heterocycles. The van der Waals surface area contributed by atoms with E-state index in [4.69, 9.17) is 0 Å². The standard InChI is InChI=1S/C13H15NO5/c1-8-6-9(15)4-5-10(8)14-11(13(17)19-3)7-12(16)18-2/h4-7,14-15H,1-3H3/b11-7+. The van der Waals surface area contributed by atoms with E-state index in [-0.39, 0.29) is 11.4 Å². The van der Waals surface area contributed by atoms with Gasteiger partial charge in [-0.3, -0.25) is 0 Å². The highest BCUT2D eigenvalue weighted by atomic mass is 16.5. The first kappa shape index (κ1) is 14.6. The van der Waals surface area contributed by atoms with Crippen LogP contribution < -0.4 is 5.32 Å². The van der Waals surface area contributed by atoms with Crippen LogP contribution in [0.5, 0.6) is 5.75 Å². The Morgan fingerprint density at radius 3 is 2.47 bits per heavy atom. The van der Waals surface area contributed by atoms with Crippen molar-refractivity contribution in [3.63, 3.8) is 0 Å². The average molecular weight is 265 g/mol. The number of carbonyl (C=O) groups is 2. The number of hydrogen-bond donors (Lipinski definition) is 2. The summed E-state index contributed by atoms with van der Waals surface area (Å²) in [5.41, 5.74) is 1.22. The molecular weight excluding hydrogens is 250 g/mol. The molecule has 0 unspecified atom stereocenters. The normalized spacial score (nSPS) is 10.8. The summed E-state index contributed by atoms with van der Waals surface area (Å²) in [7, 11) is 2.42. The Morgan fingerprint density at radius 1 is 1.26 bits per heavy atom. The lowest BCUT2D eigenvalue weighted by Crippen LogP contribution is -2.15. The number of phenolic OH excluding ortho intramolecular Hbond substituents is 1. The highest BCUT2D eigenvalue weighted by Crippen LogP contribution is 2.21. The molecule has 0 aliphatic rings. The summed E-state index contributed by atoms with van der Waals surface area (Å²) in [4.78, 5) is 22.7. The topological polar surface area (TPSA) is 84.9 Å². The second-order valence-corrected chi connectivity index (χ2v) is 3.70. The van der Waals surface area contributed by atoms with Crippen molar-refractivity contribution in [1.82, 2.24) is 0 Å². The Hall–Kier alpha value is -2.50. The summed E-state index contributed by atoms with van der Waals surface area (Å²) in [6, 6.07) is 4.57. The second kappa shape index (κ2) is 6.44. The third-order valence-electron chi connectivity index (χ3n) is 2.35. The second-order valence-electron chi connectivity index (χ2n) is 3.70. The molecule has 0 spiro atoms. The van der Waals surface area contributed by atoms with Crippen molar-refractivity contribution in [3.8, 4) is 5.75 Å². The molecule has 1 rings (SSSR count). The van der Waals surface area contributed by atoms with Crippen LogP contribution >= 0.6 is 0 Å². The van der Waals surface area contributed by atoms with Crippen LogP contribution in [0.25, 0.3) is 0 Å². The number of phenols is 1. The van der Waals surface area contributed by atoms with Crippen molar-refractivity contribution in [2.75, 3.05) is 19.5 Å². The van der Waals surface area contributed by atoms with Crippen molar-refractivity contribution in [2.24, 2.45) is 0 Å². The number of esters is 2. The maximum Gasteiger partial charge on any atom is 0.354 e. The van der Waals surface area contributed by atoms with Crippen LogP contribution in [0.2, 0.25) is 0 Å². The van der Waals surface area contributed by atoms with Gasteiger partial charge in [-0.15, -0.1) is 0 Å². The molecule has 1 aromatic rings. The lowest BCUT2D eigenvalue weighted by atomic mass is 10.2. The summed E-state index contributed by atoms with van der Waals surface area (Å²) in [6.45, 7) is 1.75. The average Bonchev–Trinajstić information content (AvgIpc) is 2.39. The Labute approximate surface area is 110 Å². The van der Waals surface area contributed by atoms with E-state index in [9.17, 15) is 14.7 Å². The Balaban J connectivity index is 3.04. The molecule has 1 aromatic carbocycles. The van der Waals surface area contributed by atoms with Gasteiger partial charge >= 0.3 is 11.9 Å². The molecule has 6 nitrogen and oxygen atoms in total. The zero-order chi connectivity index (χ0) is 14.4. The van der Waals surface area contributed by atoms with Crippen LogP contribution in [-0.4, -0.2) is 31.3 Å². The van der Waals surface area contributed by atoms with E-state index >= 15 is 0 Å². The van der Waals surface area contributed by atoms with E-state index in [1.165, 1.54) is 26.4 Å². The fraction of sp³-hybridized carbons (Fsp3) is 0.231. The van der Waals surface area contributed by atoms with Crippen molar-refractivity contribution in [3.05, 3.63) is 35.5 Å². The third kappa shape index (κ3) is 4.02. The number of methoxy groups -OCH3 is 2. The molecule has 0 radical (unpaired) electrons. The molecule has 19 heavy (non-hydrogen) atoms. The number of rotatable bonds is 4. The molecular formula is C13H15NO5. The minimum absolute atomic E-state index is 0.0526. The summed E-state index contributed by atoms with van der Waals surface area (Å²) in [5.74, 6) is -1.26. The maximum absolute atomic E-state index is 11.5. The minimum Gasteiger partial charge on any atom is -0.508 e. The van der Waals surface area contributed by atoms with Crippen LogP contribution in [0.4, 0.5) is 5.69 Å². The van der Waals surface area contributed by atoms with Crippen LogP contribution in [0, 0.1) is 6.92 Å². The number of ether oxygens (including phenoxy) is 2. The summed E-state index contributed by atoms with van der Waals surface area (Å²) >= 11 is 0. The largest absolute Gasteiger partial charge is 0.508 e. The van der Waals surface area contributed by atoms with Gasteiger partial charge in [0, 0.05) is 5.69 Å². The SMILES string of the molecule is COC(=O)/C=C(/Nc1ccc(O)cc1C)C(=O)OC. The zero-order valence-corrected chi connectivity index (χ0v) is 10.9. The lowest BCUT2D eigenvalue weighted by Gasteiger charge is -2.11. The van der Waals surface area contributed by atoms with E-state index in [1.54, 1.807) is 13.0 Å². The number of nitrogens with one attached hydrogen (secondary N) is 1. The number of carbonyl (C=O) groups excluding carboxylic acids is 2. The van der Waals surface area contributed by atoms with Crippen molar-refractivity contribution in [2.45, 2.75) is 6.92 Å². The molecule has 0 heterocycles. The van der Waals surface area contributed by atoms with Crippen LogP contribution in [-0.2, 0) is 19.1 Å².